The van der Waals surface area contributed by atoms with Crippen molar-refractivity contribution < 1.29 is 9.59 Å². The normalized spacial score (nSPS) is 10.3. The second kappa shape index (κ2) is 6.94. The van der Waals surface area contributed by atoms with Crippen LogP contribution in [0.3, 0.4) is 0 Å². The maximum absolute atomic E-state index is 11.9. The number of nitrogens with two attached hydrogens (primary N) is 1. The zero-order valence-electron chi connectivity index (χ0n) is 12.2. The van der Waals surface area contributed by atoms with E-state index in [1.807, 2.05) is 0 Å². The fraction of sp³-hybridized carbons (Fsp3) is 0.231. The number of nitrogens with one attached hydrogen (secondary N) is 2. The molecule has 0 aliphatic heterocycles. The van der Waals surface area contributed by atoms with E-state index in [1.54, 1.807) is 35.9 Å². The summed E-state index contributed by atoms with van der Waals surface area (Å²) in [6, 6.07) is 6.92. The highest BCUT2D eigenvalue weighted by Crippen LogP contribution is 2.18. The van der Waals surface area contributed by atoms with Gasteiger partial charge in [-0.3, -0.25) is 14.2 Å². The second-order valence-electron chi connectivity index (χ2n) is 4.50. The van der Waals surface area contributed by atoms with E-state index in [-0.39, 0.29) is 17.6 Å². The maximum Gasteiger partial charge on any atom is 0.234 e. The number of nitrogens with zero attached hydrogens (tertiary/aromatic N) is 3. The number of thioether (sulfide) groups is 1. The number of carbonyl (C=O) groups excluding carboxylic acids is 2. The van der Waals surface area contributed by atoms with Crippen molar-refractivity contribution in [2.45, 2.75) is 12.1 Å². The fourth-order valence-electron chi connectivity index (χ4n) is 1.66. The summed E-state index contributed by atoms with van der Waals surface area (Å²) in [5, 5.41) is 13.6. The molecule has 0 aliphatic carbocycles. The SMILES string of the molecule is CC(=O)Nc1cccc(NC(=O)CSc2nnc(N)n2C)c1. The maximum atomic E-state index is 11.9. The molecule has 0 atom stereocenters. The summed E-state index contributed by atoms with van der Waals surface area (Å²) < 4.78 is 1.61. The van der Waals surface area contributed by atoms with Crippen molar-refractivity contribution in [2.24, 2.45) is 7.05 Å². The molecule has 0 saturated carbocycles. The van der Waals surface area contributed by atoms with E-state index in [1.165, 1.54) is 18.7 Å². The summed E-state index contributed by atoms with van der Waals surface area (Å²) in [7, 11) is 1.73. The molecule has 0 aliphatic rings. The average molecular weight is 320 g/mol. The van der Waals surface area contributed by atoms with Gasteiger partial charge in [-0.15, -0.1) is 10.2 Å². The van der Waals surface area contributed by atoms with Crippen molar-refractivity contribution in [3.8, 4) is 0 Å². The largest absolute Gasteiger partial charge is 0.368 e. The number of hydrogen-bond acceptors (Lipinski definition) is 6. The third-order valence-electron chi connectivity index (χ3n) is 2.67. The van der Waals surface area contributed by atoms with Gasteiger partial charge >= 0.3 is 0 Å². The monoisotopic (exact) mass is 320 g/mol. The van der Waals surface area contributed by atoms with Crippen molar-refractivity contribution in [3.05, 3.63) is 24.3 Å². The van der Waals surface area contributed by atoms with Gasteiger partial charge in [0.1, 0.15) is 0 Å². The van der Waals surface area contributed by atoms with Crippen LogP contribution in [0.2, 0.25) is 0 Å². The molecular weight excluding hydrogens is 304 g/mol. The predicted molar refractivity (Wildman–Crippen MR) is 85.5 cm³/mol. The Labute approximate surface area is 131 Å². The van der Waals surface area contributed by atoms with Gasteiger partial charge in [0, 0.05) is 25.3 Å². The molecule has 1 heterocycles. The van der Waals surface area contributed by atoms with Crippen LogP contribution in [-0.2, 0) is 16.6 Å². The van der Waals surface area contributed by atoms with Crippen LogP contribution >= 0.6 is 11.8 Å². The van der Waals surface area contributed by atoms with Gasteiger partial charge in [0.25, 0.3) is 0 Å². The standard InChI is InChI=1S/C13H16N6O2S/c1-8(20)15-9-4-3-5-10(6-9)16-11(21)7-22-13-18-17-12(14)19(13)2/h3-6H,7H2,1-2H3,(H2,14,17)(H,15,20)(H,16,21). The van der Waals surface area contributed by atoms with E-state index in [4.69, 9.17) is 5.73 Å². The average Bonchev–Trinajstić information content (AvgIpc) is 2.76. The summed E-state index contributed by atoms with van der Waals surface area (Å²) in [6.45, 7) is 1.43. The number of rotatable bonds is 5. The van der Waals surface area contributed by atoms with E-state index < -0.39 is 0 Å². The molecule has 2 rings (SSSR count). The molecule has 0 spiro atoms. The molecule has 0 radical (unpaired) electrons. The van der Waals surface area contributed by atoms with Crippen LogP contribution in [0.15, 0.2) is 29.4 Å². The molecule has 2 aromatic rings. The van der Waals surface area contributed by atoms with E-state index in [2.05, 4.69) is 20.8 Å². The summed E-state index contributed by atoms with van der Waals surface area (Å²) in [5.41, 5.74) is 6.80. The highest BCUT2D eigenvalue weighted by Gasteiger charge is 2.10. The number of amides is 2. The number of nitrogen functional groups attached to an aromatic ring is 1. The quantitative estimate of drug-likeness (QED) is 0.710. The summed E-state index contributed by atoms with van der Waals surface area (Å²) >= 11 is 1.24. The van der Waals surface area contributed by atoms with Crippen LogP contribution < -0.4 is 16.4 Å². The van der Waals surface area contributed by atoms with Crippen LogP contribution in [0.4, 0.5) is 17.3 Å². The van der Waals surface area contributed by atoms with Crippen molar-refractivity contribution >= 4 is 40.9 Å². The lowest BCUT2D eigenvalue weighted by Crippen LogP contribution is -2.15. The van der Waals surface area contributed by atoms with Gasteiger partial charge in [-0.25, -0.2) is 0 Å². The Morgan fingerprint density at radius 2 is 1.95 bits per heavy atom. The lowest BCUT2D eigenvalue weighted by molar-refractivity contribution is -0.114. The first-order valence-corrected chi connectivity index (χ1v) is 7.39. The molecule has 8 nitrogen and oxygen atoms in total. The number of benzene rings is 1. The zero-order chi connectivity index (χ0) is 16.1. The van der Waals surface area contributed by atoms with E-state index in [9.17, 15) is 9.59 Å². The number of anilines is 3. The molecule has 0 saturated heterocycles. The molecular formula is C13H16N6O2S. The number of carbonyl (C=O) groups is 2. The fourth-order valence-corrected chi connectivity index (χ4v) is 2.38. The lowest BCUT2D eigenvalue weighted by atomic mass is 10.2. The first kappa shape index (κ1) is 15.8. The Balaban J connectivity index is 1.92. The Morgan fingerprint density at radius 1 is 1.27 bits per heavy atom. The molecule has 0 bridgehead atoms. The smallest absolute Gasteiger partial charge is 0.234 e. The molecule has 1 aromatic heterocycles. The zero-order valence-corrected chi connectivity index (χ0v) is 13.0. The highest BCUT2D eigenvalue weighted by molar-refractivity contribution is 7.99. The molecule has 1 aromatic carbocycles. The lowest BCUT2D eigenvalue weighted by Gasteiger charge is -2.07. The van der Waals surface area contributed by atoms with Crippen molar-refractivity contribution in [3.63, 3.8) is 0 Å². The third kappa shape index (κ3) is 4.22. The van der Waals surface area contributed by atoms with Crippen LogP contribution in [0.1, 0.15) is 6.92 Å². The van der Waals surface area contributed by atoms with E-state index in [0.717, 1.165) is 0 Å². The summed E-state index contributed by atoms with van der Waals surface area (Å²) in [4.78, 5) is 22.9. The van der Waals surface area contributed by atoms with Crippen LogP contribution in [-0.4, -0.2) is 32.3 Å². The van der Waals surface area contributed by atoms with E-state index in [0.29, 0.717) is 22.5 Å². The van der Waals surface area contributed by atoms with E-state index >= 15 is 0 Å². The molecule has 0 fully saturated rings. The number of aromatic nitrogens is 3. The van der Waals surface area contributed by atoms with Gasteiger partial charge in [-0.1, -0.05) is 17.8 Å². The Bertz CT molecular complexity index is 700. The van der Waals surface area contributed by atoms with Gasteiger partial charge in [0.05, 0.1) is 5.75 Å². The van der Waals surface area contributed by atoms with Crippen LogP contribution in [0.25, 0.3) is 0 Å². The van der Waals surface area contributed by atoms with Gasteiger partial charge in [0.15, 0.2) is 5.16 Å². The second-order valence-corrected chi connectivity index (χ2v) is 5.44. The molecule has 4 N–H and O–H groups in total. The first-order chi connectivity index (χ1) is 10.5. The van der Waals surface area contributed by atoms with Gasteiger partial charge in [-0.05, 0) is 18.2 Å². The molecule has 116 valence electrons. The van der Waals surface area contributed by atoms with Crippen LogP contribution in [0, 0.1) is 0 Å². The Hall–Kier alpha value is -2.55. The molecule has 0 unspecified atom stereocenters. The Morgan fingerprint density at radius 3 is 2.55 bits per heavy atom. The van der Waals surface area contributed by atoms with Gasteiger partial charge in [-0.2, -0.15) is 0 Å². The summed E-state index contributed by atoms with van der Waals surface area (Å²) in [6.07, 6.45) is 0. The van der Waals surface area contributed by atoms with Crippen molar-refractivity contribution in [2.75, 3.05) is 22.1 Å². The first-order valence-electron chi connectivity index (χ1n) is 6.41. The van der Waals surface area contributed by atoms with Gasteiger partial charge < -0.3 is 16.4 Å². The molecule has 2 amide bonds. The van der Waals surface area contributed by atoms with Crippen molar-refractivity contribution in [1.29, 1.82) is 0 Å². The minimum atomic E-state index is -0.188. The summed E-state index contributed by atoms with van der Waals surface area (Å²) in [5.74, 6) is 0.118. The molecule has 9 heteroatoms. The van der Waals surface area contributed by atoms with Crippen molar-refractivity contribution in [1.82, 2.24) is 14.8 Å². The molecule has 22 heavy (non-hydrogen) atoms. The third-order valence-corrected chi connectivity index (χ3v) is 3.69. The van der Waals surface area contributed by atoms with Crippen LogP contribution in [0.5, 0.6) is 0 Å². The Kier molecular flexibility index (Phi) is 4.99. The minimum Gasteiger partial charge on any atom is -0.368 e. The van der Waals surface area contributed by atoms with Gasteiger partial charge in [0.2, 0.25) is 17.8 Å². The number of hydrogen-bond donors (Lipinski definition) is 3. The minimum absolute atomic E-state index is 0.168. The highest BCUT2D eigenvalue weighted by atomic mass is 32.2. The topological polar surface area (TPSA) is 115 Å². The predicted octanol–water partition coefficient (Wildman–Crippen LogP) is 1.09.